The maximum Gasteiger partial charge on any atom is 0.248 e. The Hall–Kier alpha value is -1.85. The number of piperazine rings is 1. The maximum atomic E-state index is 12.6. The summed E-state index contributed by atoms with van der Waals surface area (Å²) in [6.07, 6.45) is 4.24. The molecule has 0 bridgehead atoms. The Labute approximate surface area is 125 Å². The molecule has 21 heavy (non-hydrogen) atoms. The van der Waals surface area contributed by atoms with Crippen molar-refractivity contribution in [2.45, 2.75) is 52.2 Å². The minimum atomic E-state index is -0.839. The molecule has 2 heterocycles. The van der Waals surface area contributed by atoms with Crippen molar-refractivity contribution >= 4 is 11.8 Å². The van der Waals surface area contributed by atoms with Crippen LogP contribution in [0.5, 0.6) is 0 Å². The van der Waals surface area contributed by atoms with Crippen molar-refractivity contribution in [3.63, 3.8) is 0 Å². The van der Waals surface area contributed by atoms with Crippen molar-refractivity contribution in [1.82, 2.24) is 20.0 Å². The average molecular weight is 292 g/mol. The third-order valence-electron chi connectivity index (χ3n) is 3.73. The first-order chi connectivity index (χ1) is 9.81. The number of hydrogen-bond acceptors (Lipinski definition) is 3. The number of aromatic nitrogens is 2. The molecular formula is C15H24N4O2. The lowest BCUT2D eigenvalue weighted by molar-refractivity contribution is -0.154. The lowest BCUT2D eigenvalue weighted by Crippen LogP contribution is -2.68. The molecule has 1 aliphatic heterocycles. The normalized spacial score (nSPS) is 21.8. The summed E-state index contributed by atoms with van der Waals surface area (Å²) in [5, 5.41) is 6.98. The second kappa shape index (κ2) is 5.87. The van der Waals surface area contributed by atoms with E-state index in [1.165, 1.54) is 0 Å². The zero-order valence-corrected chi connectivity index (χ0v) is 13.2. The molecule has 1 aromatic heterocycles. The number of nitrogens with zero attached hydrogens (tertiary/aromatic N) is 3. The summed E-state index contributed by atoms with van der Waals surface area (Å²) in [6, 6.07) is 1.46. The fourth-order valence-electron chi connectivity index (χ4n) is 2.67. The molecular weight excluding hydrogens is 268 g/mol. The van der Waals surface area contributed by atoms with Crippen LogP contribution in [0.25, 0.3) is 0 Å². The minimum Gasteiger partial charge on any atom is -0.340 e. The Bertz CT molecular complexity index is 508. The molecule has 6 heteroatoms. The fraction of sp³-hybridized carbons (Fsp3) is 0.667. The molecule has 1 saturated heterocycles. The van der Waals surface area contributed by atoms with Gasteiger partial charge in [0.05, 0.1) is 6.54 Å². The maximum absolute atomic E-state index is 12.6. The van der Waals surface area contributed by atoms with Crippen LogP contribution < -0.4 is 5.32 Å². The molecule has 1 fully saturated rings. The van der Waals surface area contributed by atoms with Gasteiger partial charge in [0.25, 0.3) is 0 Å². The standard InChI is InChI=1S/C15H24N4O2/c1-11(2)10-12-13(20)17-15(3,4)14(21)19(12)9-8-18-7-5-6-16-18/h5-7,11-12H,8-10H2,1-4H3,(H,17,20). The van der Waals surface area contributed by atoms with Crippen LogP contribution in [-0.2, 0) is 16.1 Å². The van der Waals surface area contributed by atoms with Crippen molar-refractivity contribution in [1.29, 1.82) is 0 Å². The Morgan fingerprint density at radius 2 is 2.05 bits per heavy atom. The zero-order valence-electron chi connectivity index (χ0n) is 13.2. The van der Waals surface area contributed by atoms with Crippen LogP contribution in [0.2, 0.25) is 0 Å². The Morgan fingerprint density at radius 3 is 2.62 bits per heavy atom. The Kier molecular flexibility index (Phi) is 4.34. The molecule has 0 aliphatic carbocycles. The number of carbonyl (C=O) groups excluding carboxylic acids is 2. The van der Waals surface area contributed by atoms with Crippen LogP contribution in [0.1, 0.15) is 34.1 Å². The summed E-state index contributed by atoms with van der Waals surface area (Å²) in [4.78, 5) is 26.7. The van der Waals surface area contributed by atoms with Gasteiger partial charge in [-0.2, -0.15) is 5.10 Å². The van der Waals surface area contributed by atoms with Crippen molar-refractivity contribution in [3.05, 3.63) is 18.5 Å². The quantitative estimate of drug-likeness (QED) is 0.881. The average Bonchev–Trinajstić information content (AvgIpc) is 2.88. The third-order valence-corrected chi connectivity index (χ3v) is 3.73. The van der Waals surface area contributed by atoms with E-state index in [2.05, 4.69) is 24.3 Å². The molecule has 1 aliphatic rings. The van der Waals surface area contributed by atoms with Crippen molar-refractivity contribution in [2.75, 3.05) is 6.54 Å². The van der Waals surface area contributed by atoms with Crippen LogP contribution in [-0.4, -0.2) is 44.6 Å². The smallest absolute Gasteiger partial charge is 0.248 e. The van der Waals surface area contributed by atoms with Gasteiger partial charge in [-0.15, -0.1) is 0 Å². The van der Waals surface area contributed by atoms with E-state index < -0.39 is 5.54 Å². The van der Waals surface area contributed by atoms with Crippen molar-refractivity contribution < 1.29 is 9.59 Å². The van der Waals surface area contributed by atoms with Crippen LogP contribution in [0.3, 0.4) is 0 Å². The van der Waals surface area contributed by atoms with Gasteiger partial charge in [0.15, 0.2) is 0 Å². The highest BCUT2D eigenvalue weighted by Crippen LogP contribution is 2.22. The minimum absolute atomic E-state index is 0.0279. The topological polar surface area (TPSA) is 67.2 Å². The van der Waals surface area contributed by atoms with E-state index in [0.29, 0.717) is 25.4 Å². The number of hydrogen-bond donors (Lipinski definition) is 1. The molecule has 1 atom stereocenters. The summed E-state index contributed by atoms with van der Waals surface area (Å²) in [5.74, 6) is 0.260. The predicted molar refractivity (Wildman–Crippen MR) is 79.4 cm³/mol. The first kappa shape index (κ1) is 15.5. The first-order valence-corrected chi connectivity index (χ1v) is 7.42. The van der Waals surface area contributed by atoms with Gasteiger partial charge in [-0.25, -0.2) is 0 Å². The summed E-state index contributed by atoms with van der Waals surface area (Å²) >= 11 is 0. The number of nitrogens with one attached hydrogen (secondary N) is 1. The largest absolute Gasteiger partial charge is 0.340 e. The molecule has 2 amide bonds. The van der Waals surface area contributed by atoms with Crippen molar-refractivity contribution in [2.24, 2.45) is 5.92 Å². The fourth-order valence-corrected chi connectivity index (χ4v) is 2.67. The predicted octanol–water partition coefficient (Wildman–Crippen LogP) is 1.03. The monoisotopic (exact) mass is 292 g/mol. The first-order valence-electron chi connectivity index (χ1n) is 7.42. The van der Waals surface area contributed by atoms with Gasteiger partial charge in [0.2, 0.25) is 11.8 Å². The van der Waals surface area contributed by atoms with Gasteiger partial charge < -0.3 is 10.2 Å². The highest BCUT2D eigenvalue weighted by molar-refractivity contribution is 5.99. The highest BCUT2D eigenvalue weighted by Gasteiger charge is 2.44. The number of amides is 2. The van der Waals surface area contributed by atoms with Crippen LogP contribution in [0.15, 0.2) is 18.5 Å². The van der Waals surface area contributed by atoms with E-state index in [-0.39, 0.29) is 17.9 Å². The van der Waals surface area contributed by atoms with Crippen molar-refractivity contribution in [3.8, 4) is 0 Å². The van der Waals surface area contributed by atoms with E-state index in [1.807, 2.05) is 12.3 Å². The van der Waals surface area contributed by atoms with Gasteiger partial charge in [-0.1, -0.05) is 13.8 Å². The van der Waals surface area contributed by atoms with Gasteiger partial charge >= 0.3 is 0 Å². The van der Waals surface area contributed by atoms with Crippen LogP contribution in [0.4, 0.5) is 0 Å². The summed E-state index contributed by atoms with van der Waals surface area (Å²) in [6.45, 7) is 8.71. The molecule has 6 nitrogen and oxygen atoms in total. The van der Waals surface area contributed by atoms with Gasteiger partial charge in [-0.05, 0) is 32.3 Å². The molecule has 0 spiro atoms. The molecule has 0 saturated carbocycles. The van der Waals surface area contributed by atoms with Crippen LogP contribution >= 0.6 is 0 Å². The second-order valence-corrected chi connectivity index (χ2v) is 6.53. The van der Waals surface area contributed by atoms with Gasteiger partial charge in [0, 0.05) is 18.9 Å². The Morgan fingerprint density at radius 1 is 1.33 bits per heavy atom. The summed E-state index contributed by atoms with van der Waals surface area (Å²) in [5.41, 5.74) is -0.839. The SMILES string of the molecule is CC(C)CC1C(=O)NC(C)(C)C(=O)N1CCn1cccn1. The molecule has 1 N–H and O–H groups in total. The Balaban J connectivity index is 2.16. The van der Waals surface area contributed by atoms with Gasteiger partial charge in [-0.3, -0.25) is 14.3 Å². The highest BCUT2D eigenvalue weighted by atomic mass is 16.2. The zero-order chi connectivity index (χ0) is 15.6. The van der Waals surface area contributed by atoms with E-state index >= 15 is 0 Å². The van der Waals surface area contributed by atoms with Gasteiger partial charge in [0.1, 0.15) is 11.6 Å². The van der Waals surface area contributed by atoms with E-state index in [9.17, 15) is 9.59 Å². The lowest BCUT2D eigenvalue weighted by atomic mass is 9.92. The van der Waals surface area contributed by atoms with E-state index in [4.69, 9.17) is 0 Å². The summed E-state index contributed by atoms with van der Waals surface area (Å²) in [7, 11) is 0. The van der Waals surface area contributed by atoms with Crippen LogP contribution in [0, 0.1) is 5.92 Å². The second-order valence-electron chi connectivity index (χ2n) is 6.53. The number of carbonyl (C=O) groups is 2. The molecule has 2 rings (SSSR count). The lowest BCUT2D eigenvalue weighted by Gasteiger charge is -2.43. The van der Waals surface area contributed by atoms with E-state index in [0.717, 1.165) is 0 Å². The third kappa shape index (κ3) is 3.43. The molecule has 1 aromatic rings. The molecule has 0 radical (unpaired) electrons. The molecule has 0 aromatic carbocycles. The van der Waals surface area contributed by atoms with E-state index in [1.54, 1.807) is 29.6 Å². The summed E-state index contributed by atoms with van der Waals surface area (Å²) < 4.78 is 1.78. The molecule has 116 valence electrons. The number of rotatable bonds is 5. The molecule has 1 unspecified atom stereocenters.